The molecule has 0 fully saturated rings. The van der Waals surface area contributed by atoms with E-state index in [2.05, 4.69) is 51.8 Å². The molecule has 0 atom stereocenters. The SMILES string of the molecule is CCOP(=O)(CS(=O)(=O)c1ccc(CC(=O)c2nc(Br)cnc2N)cc1)OCC.CCOP(=O)(CS(=O)(=O)c1ccc(N)cc1)OCC.Nc1ncc(Br)nc1C(=O)O. The Morgan fingerprint density at radius 1 is 0.644 bits per heavy atom. The number of aromatic nitrogens is 4. The molecule has 0 saturated carbocycles. The Bertz CT molecular complexity index is 2360. The topological polar surface area (TPSA) is 323 Å². The van der Waals surface area contributed by atoms with Crippen LogP contribution in [0, 0.1) is 0 Å². The summed E-state index contributed by atoms with van der Waals surface area (Å²) >= 11 is 6.11. The van der Waals surface area contributed by atoms with Crippen LogP contribution in [0.4, 0.5) is 17.3 Å². The van der Waals surface area contributed by atoms with Crippen LogP contribution in [0.3, 0.4) is 0 Å². The molecule has 7 N–H and O–H groups in total. The Morgan fingerprint density at radius 3 is 1.36 bits per heavy atom. The highest BCUT2D eigenvalue weighted by Gasteiger charge is 2.34. The predicted molar refractivity (Wildman–Crippen MR) is 226 cm³/mol. The molecule has 0 radical (unpaired) electrons. The molecule has 4 aromatic rings. The molecule has 0 saturated heterocycles. The fraction of sp³-hybridized carbons (Fsp3) is 0.333. The second kappa shape index (κ2) is 23.3. The molecule has 59 heavy (non-hydrogen) atoms. The molecule has 0 spiro atoms. The first kappa shape index (κ1) is 51.4. The van der Waals surface area contributed by atoms with E-state index in [9.17, 15) is 35.6 Å². The lowest BCUT2D eigenvalue weighted by molar-refractivity contribution is 0.0690. The lowest BCUT2D eigenvalue weighted by atomic mass is 10.1. The van der Waals surface area contributed by atoms with E-state index in [0.717, 1.165) is 0 Å². The van der Waals surface area contributed by atoms with Crippen molar-refractivity contribution in [3.05, 3.63) is 87.1 Å². The molecular weight excluding hydrogens is 988 g/mol. The number of nitrogens with zero attached hydrogens (tertiary/aromatic N) is 4. The predicted octanol–water partition coefficient (Wildman–Crippen LogP) is 6.03. The van der Waals surface area contributed by atoms with Gasteiger partial charge in [-0.15, -0.1) is 0 Å². The number of carbonyl (C=O) groups is 2. The van der Waals surface area contributed by atoms with Gasteiger partial charge in [0, 0.05) is 12.1 Å². The van der Waals surface area contributed by atoms with Crippen LogP contribution < -0.4 is 17.2 Å². The Kier molecular flexibility index (Phi) is 20.3. The fourth-order valence-electron chi connectivity index (χ4n) is 4.45. The molecule has 4 rings (SSSR count). The first-order valence-electron chi connectivity index (χ1n) is 17.0. The van der Waals surface area contributed by atoms with Gasteiger partial charge in [0.1, 0.15) is 14.9 Å². The van der Waals surface area contributed by atoms with Crippen molar-refractivity contribution in [3.63, 3.8) is 0 Å². The number of ketones is 1. The maximum absolute atomic E-state index is 12.6. The van der Waals surface area contributed by atoms with Crippen molar-refractivity contribution in [3.8, 4) is 0 Å². The average Bonchev–Trinajstić information content (AvgIpc) is 3.14. The highest BCUT2D eigenvalue weighted by molar-refractivity contribution is 9.10. The Labute approximate surface area is 358 Å². The van der Waals surface area contributed by atoms with E-state index in [-0.39, 0.29) is 71.4 Å². The van der Waals surface area contributed by atoms with Crippen LogP contribution in [0.5, 0.6) is 0 Å². The summed E-state index contributed by atoms with van der Waals surface area (Å²) in [6, 6.07) is 11.4. The number of hydrogen-bond donors (Lipinski definition) is 4. The van der Waals surface area contributed by atoms with Crippen molar-refractivity contribution in [1.82, 2.24) is 19.9 Å². The number of halogens is 2. The number of carboxylic acids is 1. The summed E-state index contributed by atoms with van der Waals surface area (Å²) in [6.45, 7) is 6.83. The highest BCUT2D eigenvalue weighted by atomic mass is 79.9. The van der Waals surface area contributed by atoms with Crippen molar-refractivity contribution >= 4 is 95.8 Å². The number of carbonyl (C=O) groups excluding carboxylic acids is 1. The number of sulfone groups is 2. The van der Waals surface area contributed by atoms with Crippen LogP contribution in [-0.4, -0.2) is 91.0 Å². The van der Waals surface area contributed by atoms with Crippen molar-refractivity contribution in [2.75, 3.05) is 54.6 Å². The molecule has 2 aromatic carbocycles. The van der Waals surface area contributed by atoms with Gasteiger partial charge in [0.15, 0.2) is 53.8 Å². The fourth-order valence-corrected chi connectivity index (χ4v) is 13.6. The van der Waals surface area contributed by atoms with Crippen molar-refractivity contribution in [1.29, 1.82) is 0 Å². The van der Waals surface area contributed by atoms with Gasteiger partial charge in [0.2, 0.25) is 0 Å². The molecular formula is C33H43Br2N7O13P2S2. The van der Waals surface area contributed by atoms with E-state index < -0.39 is 51.8 Å². The van der Waals surface area contributed by atoms with E-state index in [0.29, 0.717) is 20.5 Å². The monoisotopic (exact) mass is 1030 g/mol. The minimum absolute atomic E-state index is 0.0139. The van der Waals surface area contributed by atoms with E-state index in [1.807, 2.05) is 0 Å². The van der Waals surface area contributed by atoms with Gasteiger partial charge in [-0.25, -0.2) is 41.6 Å². The van der Waals surface area contributed by atoms with Gasteiger partial charge in [-0.05, 0) is 102 Å². The summed E-state index contributed by atoms with van der Waals surface area (Å²) in [6.07, 6.45) is 2.68. The summed E-state index contributed by atoms with van der Waals surface area (Å²) in [5, 5.41) is 8.49. The lowest BCUT2D eigenvalue weighted by Gasteiger charge is -2.17. The zero-order valence-corrected chi connectivity index (χ0v) is 38.7. The summed E-state index contributed by atoms with van der Waals surface area (Å²) in [5.74, 6) is -1.61. The second-order valence-corrected chi connectivity index (χ2v) is 21.9. The molecule has 26 heteroatoms. The van der Waals surface area contributed by atoms with E-state index in [1.54, 1.807) is 27.7 Å². The van der Waals surface area contributed by atoms with Gasteiger partial charge in [0.25, 0.3) is 0 Å². The molecule has 0 unspecified atom stereocenters. The molecule has 0 aliphatic carbocycles. The zero-order valence-electron chi connectivity index (χ0n) is 32.1. The third-order valence-electron chi connectivity index (χ3n) is 6.86. The molecule has 0 aliphatic heterocycles. The van der Waals surface area contributed by atoms with Crippen LogP contribution in [-0.2, 0) is 53.3 Å². The Morgan fingerprint density at radius 2 is 1.00 bits per heavy atom. The number of hydrogen-bond acceptors (Lipinski definition) is 19. The number of benzene rings is 2. The summed E-state index contributed by atoms with van der Waals surface area (Å²) < 4.78 is 95.0. The van der Waals surface area contributed by atoms with Crippen molar-refractivity contribution in [2.24, 2.45) is 0 Å². The third-order valence-corrected chi connectivity index (χ3v) is 17.5. The Balaban J connectivity index is 0.000000341. The number of nitrogen functional groups attached to an aromatic ring is 3. The lowest BCUT2D eigenvalue weighted by Crippen LogP contribution is -2.12. The highest BCUT2D eigenvalue weighted by Crippen LogP contribution is 2.51. The third kappa shape index (κ3) is 16.7. The van der Waals surface area contributed by atoms with Crippen molar-refractivity contribution in [2.45, 2.75) is 43.9 Å². The Hall–Kier alpha value is -3.70. The number of nitrogens with two attached hydrogens (primary N) is 3. The van der Waals surface area contributed by atoms with Crippen molar-refractivity contribution < 1.29 is 58.8 Å². The number of carboxylic acid groups (broad SMARTS) is 1. The molecule has 2 aromatic heterocycles. The van der Waals surface area contributed by atoms with Crippen LogP contribution in [0.15, 0.2) is 79.9 Å². The quantitative estimate of drug-likeness (QED) is 0.0502. The van der Waals surface area contributed by atoms with Gasteiger partial charge in [-0.2, -0.15) is 0 Å². The maximum atomic E-state index is 12.6. The first-order valence-corrected chi connectivity index (χ1v) is 25.4. The smallest absolute Gasteiger partial charge is 0.358 e. The van der Waals surface area contributed by atoms with Gasteiger partial charge in [-0.3, -0.25) is 13.9 Å². The first-order chi connectivity index (χ1) is 27.5. The maximum Gasteiger partial charge on any atom is 0.358 e. The molecule has 0 aliphatic rings. The van der Waals surface area contributed by atoms with Gasteiger partial charge in [-0.1, -0.05) is 12.1 Å². The number of rotatable bonds is 18. The average molecular weight is 1030 g/mol. The summed E-state index contributed by atoms with van der Waals surface area (Å²) in [5.41, 5.74) is 15.8. The number of aromatic carboxylic acids is 1. The normalized spacial score (nSPS) is 11.8. The van der Waals surface area contributed by atoms with E-state index in [4.69, 9.17) is 40.4 Å². The number of anilines is 3. The number of Topliss-reactive ketones (excluding diaryl/α,β-unsaturated/α-hetero) is 1. The van der Waals surface area contributed by atoms with Gasteiger partial charge < -0.3 is 40.4 Å². The molecule has 2 heterocycles. The van der Waals surface area contributed by atoms with Gasteiger partial charge >= 0.3 is 21.2 Å². The van der Waals surface area contributed by atoms with E-state index in [1.165, 1.54) is 60.9 Å². The largest absolute Gasteiger partial charge is 0.476 e. The standard InChI is InChI=1S/C17H21BrN3O6PS.C11H18NO5PS.C5H4BrN3O2/c1-3-26-28(23,27-4-2)11-29(24,25)13-7-5-12(6-8-13)9-14(22)16-17(19)20-10-15(18)21-16;1-3-16-18(13,17-4-2)9-19(14,15)11-7-5-10(12)6-8-11;6-2-1-8-4(7)3(9-2)5(10)11/h5-8,10H,3-4,9,11H2,1-2H3,(H2,19,20);5-8H,3-4,9,12H2,1-2H3;1H,(H2,7,8)(H,10,11). The second-order valence-electron chi connectivity index (χ2n) is 11.4. The van der Waals surface area contributed by atoms with E-state index >= 15 is 0 Å². The van der Waals surface area contributed by atoms with Crippen LogP contribution in [0.2, 0.25) is 0 Å². The summed E-state index contributed by atoms with van der Waals surface area (Å²) in [7, 11) is -15.1. The molecule has 324 valence electrons. The molecule has 20 nitrogen and oxygen atoms in total. The minimum Gasteiger partial charge on any atom is -0.476 e. The van der Waals surface area contributed by atoms with Gasteiger partial charge in [0.05, 0.1) is 48.6 Å². The molecule has 0 amide bonds. The molecule has 0 bridgehead atoms. The summed E-state index contributed by atoms with van der Waals surface area (Å²) in [4.78, 5) is 37.9. The van der Waals surface area contributed by atoms with Crippen LogP contribution in [0.25, 0.3) is 0 Å². The minimum atomic E-state index is -3.92. The van der Waals surface area contributed by atoms with Crippen LogP contribution in [0.1, 0.15) is 54.2 Å². The zero-order chi connectivity index (χ0) is 44.6. The van der Waals surface area contributed by atoms with Crippen LogP contribution >= 0.6 is 47.1 Å².